The summed E-state index contributed by atoms with van der Waals surface area (Å²) in [4.78, 5) is 19.7. The zero-order chi connectivity index (χ0) is 19.4. The molecule has 0 N–H and O–H groups in total. The average Bonchev–Trinajstić information content (AvgIpc) is 2.67. The van der Waals surface area contributed by atoms with Crippen molar-refractivity contribution in [2.45, 2.75) is 13.1 Å². The van der Waals surface area contributed by atoms with Gasteiger partial charge in [-0.15, -0.1) is 0 Å². The number of benzene rings is 1. The fourth-order valence-electron chi connectivity index (χ4n) is 2.80. The van der Waals surface area contributed by atoms with Crippen molar-refractivity contribution in [1.29, 1.82) is 0 Å². The number of hydrogen-bond donors (Lipinski definition) is 0. The second-order valence-electron chi connectivity index (χ2n) is 6.37. The van der Waals surface area contributed by atoms with Crippen molar-refractivity contribution in [2.24, 2.45) is 0 Å². The second kappa shape index (κ2) is 7.85. The van der Waals surface area contributed by atoms with E-state index < -0.39 is 11.7 Å². The topological polar surface area (TPSA) is 45.7 Å². The van der Waals surface area contributed by atoms with Crippen LogP contribution in [0.2, 0.25) is 0 Å². The molecule has 3 rings (SSSR count). The first-order valence-corrected chi connectivity index (χ1v) is 8.58. The number of pyridine rings is 1. The minimum absolute atomic E-state index is 0.0401. The van der Waals surface area contributed by atoms with E-state index in [1.165, 1.54) is 6.07 Å². The molecule has 2 aromatic rings. The van der Waals surface area contributed by atoms with Crippen LogP contribution in [0.25, 0.3) is 0 Å². The predicted molar refractivity (Wildman–Crippen MR) is 94.7 cm³/mol. The highest BCUT2D eigenvalue weighted by molar-refractivity contribution is 5.78. The minimum atomic E-state index is -4.39. The zero-order valence-electron chi connectivity index (χ0n) is 14.9. The van der Waals surface area contributed by atoms with Crippen LogP contribution in [-0.4, -0.2) is 48.6 Å². The molecule has 0 aliphatic carbocycles. The van der Waals surface area contributed by atoms with Crippen molar-refractivity contribution in [3.63, 3.8) is 0 Å². The number of piperazine rings is 1. The summed E-state index contributed by atoms with van der Waals surface area (Å²) >= 11 is 0. The van der Waals surface area contributed by atoms with Crippen LogP contribution in [0.15, 0.2) is 42.6 Å². The second-order valence-corrected chi connectivity index (χ2v) is 6.37. The number of rotatable bonds is 4. The van der Waals surface area contributed by atoms with Crippen molar-refractivity contribution in [2.75, 3.05) is 37.7 Å². The summed E-state index contributed by atoms with van der Waals surface area (Å²) in [5, 5.41) is 0. The van der Waals surface area contributed by atoms with Gasteiger partial charge in [0.25, 0.3) is 5.91 Å². The molecule has 27 heavy (non-hydrogen) atoms. The first-order chi connectivity index (χ1) is 12.8. The Balaban J connectivity index is 1.49. The fraction of sp³-hybridized carbons (Fsp3) is 0.368. The maximum atomic E-state index is 12.6. The lowest BCUT2D eigenvalue weighted by Crippen LogP contribution is -2.50. The molecule has 0 bridgehead atoms. The van der Waals surface area contributed by atoms with E-state index >= 15 is 0 Å². The maximum absolute atomic E-state index is 12.6. The van der Waals surface area contributed by atoms with Crippen LogP contribution in [0.3, 0.4) is 0 Å². The number of nitrogens with zero attached hydrogens (tertiary/aromatic N) is 3. The molecule has 0 spiro atoms. The molecule has 0 unspecified atom stereocenters. The van der Waals surface area contributed by atoms with Gasteiger partial charge in [-0.2, -0.15) is 13.2 Å². The molecule has 1 saturated heterocycles. The van der Waals surface area contributed by atoms with E-state index in [1.54, 1.807) is 4.90 Å². The normalized spacial score (nSPS) is 15.0. The quantitative estimate of drug-likeness (QED) is 0.819. The Kier molecular flexibility index (Phi) is 5.53. The molecule has 1 aliphatic rings. The fourth-order valence-corrected chi connectivity index (χ4v) is 2.80. The molecule has 1 aromatic heterocycles. The van der Waals surface area contributed by atoms with E-state index in [1.807, 2.05) is 36.1 Å². The first kappa shape index (κ1) is 19.0. The number of aromatic nitrogens is 1. The number of alkyl halides is 3. The SMILES string of the molecule is Cc1ccc(OCC(=O)N2CCN(c3ccc(C(F)(F)F)cn3)CC2)cc1. The van der Waals surface area contributed by atoms with Crippen molar-refractivity contribution in [1.82, 2.24) is 9.88 Å². The number of aryl methyl sites for hydroxylation is 1. The molecule has 8 heteroatoms. The van der Waals surface area contributed by atoms with Crippen LogP contribution in [-0.2, 0) is 11.0 Å². The van der Waals surface area contributed by atoms with E-state index in [4.69, 9.17) is 4.74 Å². The van der Waals surface area contributed by atoms with Gasteiger partial charge in [0, 0.05) is 32.4 Å². The van der Waals surface area contributed by atoms with E-state index in [-0.39, 0.29) is 12.5 Å². The molecule has 1 aromatic carbocycles. The number of ether oxygens (including phenoxy) is 1. The van der Waals surface area contributed by atoms with Gasteiger partial charge < -0.3 is 14.5 Å². The lowest BCUT2D eigenvalue weighted by atomic mass is 10.2. The third-order valence-electron chi connectivity index (χ3n) is 4.41. The van der Waals surface area contributed by atoms with Gasteiger partial charge in [0.15, 0.2) is 6.61 Å². The van der Waals surface area contributed by atoms with Gasteiger partial charge in [-0.1, -0.05) is 17.7 Å². The molecule has 5 nitrogen and oxygen atoms in total. The Morgan fingerprint density at radius 3 is 2.30 bits per heavy atom. The number of halogens is 3. The molecule has 144 valence electrons. The summed E-state index contributed by atoms with van der Waals surface area (Å²) in [5.41, 5.74) is 0.343. The number of anilines is 1. The van der Waals surface area contributed by atoms with Gasteiger partial charge in [-0.05, 0) is 31.2 Å². The molecular formula is C19H20F3N3O2. The van der Waals surface area contributed by atoms with E-state index in [9.17, 15) is 18.0 Å². The Hall–Kier alpha value is -2.77. The third kappa shape index (κ3) is 4.90. The predicted octanol–water partition coefficient (Wildman–Crippen LogP) is 3.14. The lowest BCUT2D eigenvalue weighted by molar-refractivity contribution is -0.138. The largest absolute Gasteiger partial charge is 0.484 e. The van der Waals surface area contributed by atoms with Gasteiger partial charge >= 0.3 is 6.18 Å². The van der Waals surface area contributed by atoms with Crippen molar-refractivity contribution in [3.05, 3.63) is 53.7 Å². The number of carbonyl (C=O) groups is 1. The third-order valence-corrected chi connectivity index (χ3v) is 4.41. The van der Waals surface area contributed by atoms with E-state index in [0.717, 1.165) is 17.8 Å². The zero-order valence-corrected chi connectivity index (χ0v) is 14.9. The summed E-state index contributed by atoms with van der Waals surface area (Å²) in [5.74, 6) is 1.00. The monoisotopic (exact) mass is 379 g/mol. The molecule has 1 aliphatic heterocycles. The van der Waals surface area contributed by atoms with Gasteiger partial charge in [0.2, 0.25) is 0 Å². The maximum Gasteiger partial charge on any atom is 0.417 e. The van der Waals surface area contributed by atoms with Crippen LogP contribution < -0.4 is 9.64 Å². The average molecular weight is 379 g/mol. The molecule has 0 radical (unpaired) electrons. The van der Waals surface area contributed by atoms with Gasteiger partial charge in [0.1, 0.15) is 11.6 Å². The van der Waals surface area contributed by atoms with Crippen LogP contribution in [0.5, 0.6) is 5.75 Å². The van der Waals surface area contributed by atoms with Crippen molar-refractivity contribution >= 4 is 11.7 Å². The molecule has 1 fully saturated rings. The van der Waals surface area contributed by atoms with Gasteiger partial charge in [-0.3, -0.25) is 4.79 Å². The van der Waals surface area contributed by atoms with Crippen molar-refractivity contribution < 1.29 is 22.7 Å². The van der Waals surface area contributed by atoms with Crippen molar-refractivity contribution in [3.8, 4) is 5.75 Å². The van der Waals surface area contributed by atoms with E-state index in [0.29, 0.717) is 37.7 Å². The Morgan fingerprint density at radius 1 is 1.07 bits per heavy atom. The Morgan fingerprint density at radius 2 is 1.74 bits per heavy atom. The summed E-state index contributed by atoms with van der Waals surface area (Å²) < 4.78 is 43.3. The Labute approximate surface area is 155 Å². The Bertz CT molecular complexity index is 768. The lowest BCUT2D eigenvalue weighted by Gasteiger charge is -2.35. The highest BCUT2D eigenvalue weighted by Crippen LogP contribution is 2.29. The smallest absolute Gasteiger partial charge is 0.417 e. The molecular weight excluding hydrogens is 359 g/mol. The number of amides is 1. The van der Waals surface area contributed by atoms with E-state index in [2.05, 4.69) is 4.98 Å². The first-order valence-electron chi connectivity index (χ1n) is 8.58. The van der Waals surface area contributed by atoms with Crippen LogP contribution >= 0.6 is 0 Å². The van der Waals surface area contributed by atoms with Gasteiger partial charge in [0.05, 0.1) is 5.56 Å². The van der Waals surface area contributed by atoms with Crippen LogP contribution in [0.1, 0.15) is 11.1 Å². The van der Waals surface area contributed by atoms with Crippen LogP contribution in [0.4, 0.5) is 19.0 Å². The summed E-state index contributed by atoms with van der Waals surface area (Å²) in [6, 6.07) is 9.84. The molecule has 0 saturated carbocycles. The summed E-state index contributed by atoms with van der Waals surface area (Å²) in [7, 11) is 0. The molecule has 2 heterocycles. The molecule has 1 amide bonds. The van der Waals surface area contributed by atoms with Gasteiger partial charge in [-0.25, -0.2) is 4.98 Å². The number of carbonyl (C=O) groups excluding carboxylic acids is 1. The standard InChI is InChI=1S/C19H20F3N3O2/c1-14-2-5-16(6-3-14)27-13-18(26)25-10-8-24(9-11-25)17-7-4-15(12-23-17)19(20,21)22/h2-7,12H,8-11,13H2,1H3. The van der Waals surface area contributed by atoms with Crippen LogP contribution in [0, 0.1) is 6.92 Å². The number of hydrogen-bond acceptors (Lipinski definition) is 4. The minimum Gasteiger partial charge on any atom is -0.484 e. The highest BCUT2D eigenvalue weighted by atomic mass is 19.4. The highest BCUT2D eigenvalue weighted by Gasteiger charge is 2.31. The molecule has 0 atom stereocenters. The summed E-state index contributed by atoms with van der Waals surface area (Å²) in [6.45, 7) is 3.89. The summed E-state index contributed by atoms with van der Waals surface area (Å²) in [6.07, 6.45) is -3.56.